The number of hydrogen-bond donors (Lipinski definition) is 4. The topological polar surface area (TPSA) is 174 Å². The smallest absolute Gasteiger partial charge is 0.339 e. The number of rotatable bonds is 8. The highest BCUT2D eigenvalue weighted by molar-refractivity contribution is 6.30. The average molecular weight is 766 g/mol. The van der Waals surface area contributed by atoms with Crippen molar-refractivity contribution in [1.82, 2.24) is 5.01 Å². The summed E-state index contributed by atoms with van der Waals surface area (Å²) in [5, 5.41) is 33.1. The summed E-state index contributed by atoms with van der Waals surface area (Å²) in [6, 6.07) is 19.9. The summed E-state index contributed by atoms with van der Waals surface area (Å²) in [7, 11) is 0. The molecule has 8 rings (SSSR count). The Morgan fingerprint density at radius 1 is 0.945 bits per heavy atom. The number of aromatic carboxylic acids is 1. The fourth-order valence-corrected chi connectivity index (χ4v) is 9.26. The molecule has 12 nitrogen and oxygen atoms in total. The molecule has 4 N–H and O–H groups in total. The number of ether oxygens (including phenoxy) is 1. The molecule has 4 aromatic rings. The normalized spacial score (nSPS) is 25.7. The largest absolute Gasteiger partial charge is 0.507 e. The molecule has 6 unspecified atom stereocenters. The van der Waals surface area contributed by atoms with E-state index in [4.69, 9.17) is 16.3 Å². The molecule has 280 valence electrons. The third-order valence-corrected chi connectivity index (χ3v) is 11.6. The Kier molecular flexibility index (Phi) is 8.64. The first-order valence-electron chi connectivity index (χ1n) is 17.6. The Morgan fingerprint density at radius 2 is 1.67 bits per heavy atom. The van der Waals surface area contributed by atoms with Crippen LogP contribution in [0.15, 0.2) is 96.6 Å². The van der Waals surface area contributed by atoms with Gasteiger partial charge in [0.25, 0.3) is 11.8 Å². The van der Waals surface area contributed by atoms with Crippen LogP contribution in [0.2, 0.25) is 5.02 Å². The summed E-state index contributed by atoms with van der Waals surface area (Å²) in [5.41, 5.74) is 2.23. The number of carbonyl (C=O) groups excluding carboxylic acids is 4. The molecule has 6 atom stereocenters. The van der Waals surface area contributed by atoms with Crippen LogP contribution >= 0.6 is 11.6 Å². The van der Waals surface area contributed by atoms with Gasteiger partial charge in [-0.05, 0) is 85.8 Å². The first-order valence-corrected chi connectivity index (χ1v) is 18.0. The molecule has 2 aliphatic heterocycles. The van der Waals surface area contributed by atoms with E-state index in [0.717, 1.165) is 22.0 Å². The number of carboxylic acid groups (broad SMARTS) is 1. The van der Waals surface area contributed by atoms with Crippen LogP contribution in [-0.2, 0) is 24.6 Å². The SMILES string of the molecule is CCOc1cccc(C2C3=CCC4C(=O)N(c5ccc(C(=O)O)c(O)c5)C(=O)C4C3CC3C(=O)N(Nc4ccc(F)cc4)C(=O)C32c2ccc(Cl)cc2)c1O. The zero-order chi connectivity index (χ0) is 38.9. The lowest BCUT2D eigenvalue weighted by molar-refractivity contribution is -0.138. The maximum atomic E-state index is 15.3. The summed E-state index contributed by atoms with van der Waals surface area (Å²) in [5.74, 6) is -10.1. The molecule has 0 aromatic heterocycles. The van der Waals surface area contributed by atoms with Gasteiger partial charge in [0.15, 0.2) is 11.5 Å². The molecular weight excluding hydrogens is 733 g/mol. The molecule has 0 spiro atoms. The Bertz CT molecular complexity index is 2330. The van der Waals surface area contributed by atoms with Crippen LogP contribution < -0.4 is 15.1 Å². The van der Waals surface area contributed by atoms with Crippen LogP contribution in [0.4, 0.5) is 15.8 Å². The van der Waals surface area contributed by atoms with E-state index in [1.54, 1.807) is 49.4 Å². The fraction of sp³-hybridized carbons (Fsp3) is 0.244. The number of hydrogen-bond acceptors (Lipinski definition) is 9. The molecule has 0 bridgehead atoms. The van der Waals surface area contributed by atoms with E-state index in [2.05, 4.69) is 5.43 Å². The highest BCUT2D eigenvalue weighted by atomic mass is 35.5. The molecule has 0 radical (unpaired) electrons. The van der Waals surface area contributed by atoms with Crippen LogP contribution in [0.3, 0.4) is 0 Å². The van der Waals surface area contributed by atoms with Crippen LogP contribution in [0, 0.1) is 29.5 Å². The summed E-state index contributed by atoms with van der Waals surface area (Å²) < 4.78 is 19.7. The zero-order valence-electron chi connectivity index (χ0n) is 29.1. The summed E-state index contributed by atoms with van der Waals surface area (Å²) in [4.78, 5) is 71.2. The van der Waals surface area contributed by atoms with Gasteiger partial charge in [0.2, 0.25) is 11.8 Å². The number of amides is 4. The number of para-hydroxylation sites is 1. The number of hydrazine groups is 1. The first kappa shape index (κ1) is 35.8. The number of imide groups is 2. The second-order valence-corrected chi connectivity index (χ2v) is 14.5. The van der Waals surface area contributed by atoms with E-state index in [1.165, 1.54) is 30.3 Å². The molecule has 4 aliphatic rings. The lowest BCUT2D eigenvalue weighted by atomic mass is 9.49. The van der Waals surface area contributed by atoms with Crippen molar-refractivity contribution in [3.8, 4) is 17.2 Å². The number of benzene rings is 4. The van der Waals surface area contributed by atoms with E-state index < -0.39 is 81.7 Å². The Balaban J connectivity index is 1.32. The Morgan fingerprint density at radius 3 is 2.35 bits per heavy atom. The van der Waals surface area contributed by atoms with Crippen molar-refractivity contribution in [2.75, 3.05) is 16.9 Å². The maximum Gasteiger partial charge on any atom is 0.339 e. The number of carbonyl (C=O) groups is 5. The lowest BCUT2D eigenvalue weighted by Crippen LogP contribution is -2.53. The summed E-state index contributed by atoms with van der Waals surface area (Å²) in [6.45, 7) is 1.96. The monoisotopic (exact) mass is 765 g/mol. The van der Waals surface area contributed by atoms with Crippen molar-refractivity contribution in [3.63, 3.8) is 0 Å². The van der Waals surface area contributed by atoms with Gasteiger partial charge < -0.3 is 20.1 Å². The second-order valence-electron chi connectivity index (χ2n) is 14.0. The van der Waals surface area contributed by atoms with E-state index in [9.17, 15) is 38.9 Å². The molecule has 4 amide bonds. The molecule has 3 fully saturated rings. The van der Waals surface area contributed by atoms with Gasteiger partial charge >= 0.3 is 5.97 Å². The van der Waals surface area contributed by atoms with Crippen molar-refractivity contribution >= 4 is 52.6 Å². The van der Waals surface area contributed by atoms with Gasteiger partial charge in [-0.3, -0.25) is 24.6 Å². The van der Waals surface area contributed by atoms with Crippen LogP contribution in [0.25, 0.3) is 0 Å². The third-order valence-electron chi connectivity index (χ3n) is 11.4. The van der Waals surface area contributed by atoms with E-state index >= 15 is 4.79 Å². The molecule has 2 saturated heterocycles. The zero-order valence-corrected chi connectivity index (χ0v) is 29.9. The molecule has 4 aromatic carbocycles. The van der Waals surface area contributed by atoms with Crippen LogP contribution in [-0.4, -0.2) is 56.5 Å². The molecule has 1 saturated carbocycles. The van der Waals surface area contributed by atoms with Gasteiger partial charge in [0.1, 0.15) is 17.1 Å². The minimum absolute atomic E-state index is 0.0137. The van der Waals surface area contributed by atoms with Crippen molar-refractivity contribution in [1.29, 1.82) is 0 Å². The molecule has 14 heteroatoms. The lowest BCUT2D eigenvalue weighted by Gasteiger charge is -2.50. The number of fused-ring (bicyclic) bond motifs is 4. The number of carboxylic acids is 1. The standard InChI is InChI=1S/C41H33ClFN3O9/c1-2-55-32-5-3-4-28(35(32)48)34-25-16-17-27-33(38(51)45(36(27)49)24-14-15-26(39(52)53)31(47)18-24)29(25)19-30-37(50)46(44-23-12-10-22(43)11-13-23)40(54)41(30,34)20-6-8-21(42)9-7-20/h3-16,18,27,29-30,33-34,44,47-48H,2,17,19H2,1H3,(H,52,53). The molecule has 55 heavy (non-hydrogen) atoms. The number of nitrogens with zero attached hydrogens (tertiary/aromatic N) is 2. The van der Waals surface area contributed by atoms with Crippen molar-refractivity contribution < 1.29 is 48.4 Å². The number of halogens is 2. The van der Waals surface area contributed by atoms with Crippen molar-refractivity contribution in [2.45, 2.75) is 31.1 Å². The highest BCUT2D eigenvalue weighted by Crippen LogP contribution is 2.65. The minimum atomic E-state index is -1.73. The van der Waals surface area contributed by atoms with E-state index in [1.807, 2.05) is 6.08 Å². The Labute approximate surface area is 318 Å². The predicted molar refractivity (Wildman–Crippen MR) is 196 cm³/mol. The van der Waals surface area contributed by atoms with E-state index in [0.29, 0.717) is 16.2 Å². The Hall–Kier alpha value is -6.21. The number of allylic oxidation sites excluding steroid dienone is 2. The van der Waals surface area contributed by atoms with Crippen LogP contribution in [0.5, 0.6) is 17.2 Å². The van der Waals surface area contributed by atoms with Gasteiger partial charge in [0, 0.05) is 22.6 Å². The van der Waals surface area contributed by atoms with E-state index in [-0.39, 0.29) is 47.9 Å². The van der Waals surface area contributed by atoms with Crippen LogP contribution in [0.1, 0.15) is 47.2 Å². The average Bonchev–Trinajstić information content (AvgIpc) is 3.54. The minimum Gasteiger partial charge on any atom is -0.507 e. The molecule has 2 heterocycles. The van der Waals surface area contributed by atoms with Gasteiger partial charge in [-0.25, -0.2) is 14.1 Å². The number of nitrogens with one attached hydrogen (secondary N) is 1. The summed E-state index contributed by atoms with van der Waals surface area (Å²) in [6.07, 6.45) is 1.82. The quantitative estimate of drug-likeness (QED) is 0.120. The predicted octanol–water partition coefficient (Wildman–Crippen LogP) is 6.18. The van der Waals surface area contributed by atoms with Gasteiger partial charge in [-0.15, -0.1) is 0 Å². The molecule has 2 aliphatic carbocycles. The number of phenolic OH excluding ortho intramolecular Hbond substituents is 1. The summed E-state index contributed by atoms with van der Waals surface area (Å²) >= 11 is 6.35. The van der Waals surface area contributed by atoms with Gasteiger partial charge in [0.05, 0.1) is 41.2 Å². The maximum absolute atomic E-state index is 15.3. The van der Waals surface area contributed by atoms with Crippen molar-refractivity contribution in [2.24, 2.45) is 23.7 Å². The number of aromatic hydroxyl groups is 2. The number of anilines is 2. The number of phenols is 2. The van der Waals surface area contributed by atoms with Gasteiger partial charge in [-0.1, -0.05) is 47.5 Å². The highest BCUT2D eigenvalue weighted by Gasteiger charge is 2.70. The van der Waals surface area contributed by atoms with Gasteiger partial charge in [-0.2, -0.15) is 5.01 Å². The van der Waals surface area contributed by atoms with Crippen molar-refractivity contribution in [3.05, 3.63) is 124 Å². The molecular formula is C41H33ClFN3O9. The second kappa shape index (κ2) is 13.3. The fourth-order valence-electron chi connectivity index (χ4n) is 9.14. The first-order chi connectivity index (χ1) is 26.4. The third kappa shape index (κ3) is 5.36.